The lowest BCUT2D eigenvalue weighted by Crippen LogP contribution is -2.07. The van der Waals surface area contributed by atoms with Crippen molar-refractivity contribution in [2.45, 2.75) is 32.2 Å². The van der Waals surface area contributed by atoms with Crippen molar-refractivity contribution in [2.24, 2.45) is 0 Å². The summed E-state index contributed by atoms with van der Waals surface area (Å²) >= 11 is 0. The van der Waals surface area contributed by atoms with Gasteiger partial charge in [0.15, 0.2) is 17.3 Å². The Morgan fingerprint density at radius 2 is 1.97 bits per heavy atom. The molecule has 1 aliphatic rings. The van der Waals surface area contributed by atoms with Gasteiger partial charge in [-0.3, -0.25) is 0 Å². The Morgan fingerprint density at radius 1 is 1.12 bits per heavy atom. The molecular formula is C23H22N10O. The third-order valence-electron chi connectivity index (χ3n) is 5.74. The van der Waals surface area contributed by atoms with E-state index in [2.05, 4.69) is 40.4 Å². The quantitative estimate of drug-likeness (QED) is 0.380. The van der Waals surface area contributed by atoms with Crippen LogP contribution >= 0.6 is 0 Å². The lowest BCUT2D eigenvalue weighted by Gasteiger charge is -2.13. The van der Waals surface area contributed by atoms with Gasteiger partial charge in [0.1, 0.15) is 17.4 Å². The van der Waals surface area contributed by atoms with Gasteiger partial charge in [-0.25, -0.2) is 24.9 Å². The van der Waals surface area contributed by atoms with Crippen molar-refractivity contribution in [1.82, 2.24) is 44.9 Å². The van der Waals surface area contributed by atoms with Crippen LogP contribution in [0.4, 0.5) is 5.82 Å². The first-order valence-electron chi connectivity index (χ1n) is 11.0. The van der Waals surface area contributed by atoms with Crippen molar-refractivity contribution in [3.63, 3.8) is 0 Å². The Kier molecular flexibility index (Phi) is 4.86. The molecule has 1 fully saturated rings. The number of aryl methyl sites for hydroxylation is 1. The standard InChI is InChI=1S/C23H22N10O/c1-13-9-29-33(32-13)16-7-3-14(4-8-16)10-24-21-19-22(27-11-26-19)31-20(30-21)17-18(15-5-6-15)25-12-28-23(17)34-2/h3-4,7-9,11-12,15H,5-6,10H2,1-2H3,(H2,24,26,27,30,31). The number of ether oxygens (including phenoxy) is 1. The number of hydrogen-bond donors (Lipinski definition) is 2. The lowest BCUT2D eigenvalue weighted by atomic mass is 10.1. The third kappa shape index (κ3) is 3.70. The summed E-state index contributed by atoms with van der Waals surface area (Å²) in [7, 11) is 1.60. The highest BCUT2D eigenvalue weighted by Crippen LogP contribution is 2.45. The summed E-state index contributed by atoms with van der Waals surface area (Å²) in [6.45, 7) is 2.48. The van der Waals surface area contributed by atoms with Crippen LogP contribution in [0.25, 0.3) is 28.2 Å². The molecule has 11 heteroatoms. The van der Waals surface area contributed by atoms with Crippen molar-refractivity contribution >= 4 is 17.0 Å². The Bertz CT molecular complexity index is 1470. The first kappa shape index (κ1) is 20.2. The van der Waals surface area contributed by atoms with Crippen LogP contribution in [-0.2, 0) is 6.54 Å². The molecular weight excluding hydrogens is 432 g/mol. The van der Waals surface area contributed by atoms with E-state index >= 15 is 0 Å². The Labute approximate surface area is 194 Å². The molecule has 34 heavy (non-hydrogen) atoms. The smallest absolute Gasteiger partial charge is 0.227 e. The van der Waals surface area contributed by atoms with E-state index in [-0.39, 0.29) is 0 Å². The monoisotopic (exact) mass is 454 g/mol. The zero-order valence-corrected chi connectivity index (χ0v) is 18.7. The topological polar surface area (TPSA) is 132 Å². The normalized spacial score (nSPS) is 13.4. The molecule has 0 atom stereocenters. The van der Waals surface area contributed by atoms with Crippen molar-refractivity contribution in [3.8, 4) is 23.0 Å². The number of hydrogen-bond acceptors (Lipinski definition) is 9. The SMILES string of the molecule is COc1ncnc(C2CC2)c1-c1nc(NCc2ccc(-n3ncc(C)n3)cc2)c2[nH]cnc2n1. The summed E-state index contributed by atoms with van der Waals surface area (Å²) in [6, 6.07) is 8.04. The zero-order chi connectivity index (χ0) is 23.1. The fraction of sp³-hybridized carbons (Fsp3) is 0.261. The molecule has 11 nitrogen and oxygen atoms in total. The van der Waals surface area contributed by atoms with E-state index in [1.807, 2.05) is 31.2 Å². The zero-order valence-electron chi connectivity index (χ0n) is 18.7. The summed E-state index contributed by atoms with van der Waals surface area (Å²) in [6.07, 6.45) is 7.06. The maximum atomic E-state index is 5.54. The molecule has 4 heterocycles. The molecule has 0 saturated heterocycles. The molecule has 6 rings (SSSR count). The van der Waals surface area contributed by atoms with E-state index in [1.165, 1.54) is 6.33 Å². The number of rotatable bonds is 7. The van der Waals surface area contributed by atoms with E-state index in [0.29, 0.717) is 35.6 Å². The van der Waals surface area contributed by atoms with Crippen LogP contribution in [-0.4, -0.2) is 52.0 Å². The second-order valence-corrected chi connectivity index (χ2v) is 8.21. The van der Waals surface area contributed by atoms with Crippen LogP contribution in [0.3, 0.4) is 0 Å². The second kappa shape index (κ2) is 8.18. The van der Waals surface area contributed by atoms with Gasteiger partial charge in [0.05, 0.1) is 36.7 Å². The third-order valence-corrected chi connectivity index (χ3v) is 5.74. The predicted octanol–water partition coefficient (Wildman–Crippen LogP) is 3.20. The summed E-state index contributed by atoms with van der Waals surface area (Å²) in [4.78, 5) is 27.4. The largest absolute Gasteiger partial charge is 0.480 e. The highest BCUT2D eigenvalue weighted by molar-refractivity contribution is 5.85. The minimum absolute atomic E-state index is 0.383. The van der Waals surface area contributed by atoms with Crippen LogP contribution in [0.15, 0.2) is 43.1 Å². The number of aromatic nitrogens is 9. The van der Waals surface area contributed by atoms with Gasteiger partial charge in [-0.15, -0.1) is 0 Å². The predicted molar refractivity (Wildman–Crippen MR) is 125 cm³/mol. The second-order valence-electron chi connectivity index (χ2n) is 8.21. The van der Waals surface area contributed by atoms with Gasteiger partial charge in [-0.1, -0.05) is 12.1 Å². The van der Waals surface area contributed by atoms with Gasteiger partial charge in [0.25, 0.3) is 0 Å². The molecule has 4 aromatic heterocycles. The highest BCUT2D eigenvalue weighted by atomic mass is 16.5. The average molecular weight is 454 g/mol. The summed E-state index contributed by atoms with van der Waals surface area (Å²) in [5.41, 5.74) is 5.81. The number of H-pyrrole nitrogens is 1. The number of aromatic amines is 1. The summed E-state index contributed by atoms with van der Waals surface area (Å²) < 4.78 is 5.54. The molecule has 0 bridgehead atoms. The van der Waals surface area contributed by atoms with Crippen LogP contribution < -0.4 is 10.1 Å². The van der Waals surface area contributed by atoms with Crippen molar-refractivity contribution in [1.29, 1.82) is 0 Å². The van der Waals surface area contributed by atoms with E-state index in [1.54, 1.807) is 24.4 Å². The molecule has 5 aromatic rings. The van der Waals surface area contributed by atoms with E-state index in [9.17, 15) is 0 Å². The molecule has 1 aliphatic carbocycles. The Hall–Kier alpha value is -4.41. The first-order valence-corrected chi connectivity index (χ1v) is 11.0. The molecule has 170 valence electrons. The van der Waals surface area contributed by atoms with E-state index in [4.69, 9.17) is 9.72 Å². The lowest BCUT2D eigenvalue weighted by molar-refractivity contribution is 0.397. The molecule has 1 saturated carbocycles. The number of fused-ring (bicyclic) bond motifs is 1. The number of benzene rings is 1. The van der Waals surface area contributed by atoms with Crippen molar-refractivity contribution in [3.05, 3.63) is 60.1 Å². The number of imidazole rings is 1. The number of nitrogens with zero attached hydrogens (tertiary/aromatic N) is 8. The van der Waals surface area contributed by atoms with Gasteiger partial charge in [0.2, 0.25) is 5.88 Å². The van der Waals surface area contributed by atoms with Gasteiger partial charge < -0.3 is 15.0 Å². The molecule has 2 N–H and O–H groups in total. The van der Waals surface area contributed by atoms with Crippen LogP contribution in [0.1, 0.15) is 35.7 Å². The van der Waals surface area contributed by atoms with Crippen LogP contribution in [0.5, 0.6) is 5.88 Å². The van der Waals surface area contributed by atoms with Crippen LogP contribution in [0.2, 0.25) is 0 Å². The summed E-state index contributed by atoms with van der Waals surface area (Å²) in [5, 5.41) is 12.0. The average Bonchev–Trinajstić information content (AvgIpc) is 3.45. The fourth-order valence-corrected chi connectivity index (χ4v) is 3.88. The summed E-state index contributed by atoms with van der Waals surface area (Å²) in [5.74, 6) is 2.00. The maximum Gasteiger partial charge on any atom is 0.227 e. The number of nitrogens with one attached hydrogen (secondary N) is 2. The van der Waals surface area contributed by atoms with E-state index < -0.39 is 0 Å². The molecule has 0 unspecified atom stereocenters. The molecule has 0 amide bonds. The van der Waals surface area contributed by atoms with Gasteiger partial charge in [-0.05, 0) is 37.5 Å². The molecule has 0 radical (unpaired) electrons. The number of methoxy groups -OCH3 is 1. The minimum Gasteiger partial charge on any atom is -0.480 e. The van der Waals surface area contributed by atoms with Crippen molar-refractivity contribution in [2.75, 3.05) is 12.4 Å². The molecule has 1 aromatic carbocycles. The Morgan fingerprint density at radius 3 is 2.71 bits per heavy atom. The molecule has 0 spiro atoms. The minimum atomic E-state index is 0.383. The van der Waals surface area contributed by atoms with Gasteiger partial charge in [-0.2, -0.15) is 15.0 Å². The fourth-order valence-electron chi connectivity index (χ4n) is 3.88. The van der Waals surface area contributed by atoms with E-state index in [0.717, 1.165) is 46.6 Å². The van der Waals surface area contributed by atoms with Gasteiger partial charge >= 0.3 is 0 Å². The first-order chi connectivity index (χ1) is 16.7. The maximum absolute atomic E-state index is 5.54. The highest BCUT2D eigenvalue weighted by Gasteiger charge is 2.31. The number of anilines is 1. The van der Waals surface area contributed by atoms with Crippen LogP contribution in [0, 0.1) is 6.92 Å². The Balaban J connectivity index is 1.32. The van der Waals surface area contributed by atoms with Gasteiger partial charge in [0, 0.05) is 12.5 Å². The van der Waals surface area contributed by atoms with Crippen molar-refractivity contribution < 1.29 is 4.74 Å². The molecule has 0 aliphatic heterocycles.